The number of sulfone groups is 1. The van der Waals surface area contributed by atoms with Gasteiger partial charge in [-0.1, -0.05) is 0 Å². The second-order valence-corrected chi connectivity index (χ2v) is 7.04. The van der Waals surface area contributed by atoms with Crippen molar-refractivity contribution in [3.63, 3.8) is 0 Å². The number of anilines is 1. The fourth-order valence-electron chi connectivity index (χ4n) is 2.38. The highest BCUT2D eigenvalue weighted by Gasteiger charge is 2.32. The maximum Gasteiger partial charge on any atom is 0.160 e. The number of nitrogens with two attached hydrogens (primary N) is 1. The molecule has 6 nitrogen and oxygen atoms in total. The Bertz CT molecular complexity index is 692. The van der Waals surface area contributed by atoms with E-state index < -0.39 is 9.84 Å². The van der Waals surface area contributed by atoms with Gasteiger partial charge in [0.05, 0.1) is 11.0 Å². The van der Waals surface area contributed by atoms with Gasteiger partial charge in [0.2, 0.25) is 0 Å². The van der Waals surface area contributed by atoms with E-state index in [-0.39, 0.29) is 11.0 Å². The first-order valence-corrected chi connectivity index (χ1v) is 7.58. The van der Waals surface area contributed by atoms with Crippen molar-refractivity contribution in [2.24, 2.45) is 0 Å². The summed E-state index contributed by atoms with van der Waals surface area (Å²) in [5.74, 6) is 0.948. The van der Waals surface area contributed by atoms with Crippen LogP contribution in [0.1, 0.15) is 18.7 Å². The summed E-state index contributed by atoms with van der Waals surface area (Å²) < 4.78 is 25.4. The van der Waals surface area contributed by atoms with Gasteiger partial charge < -0.3 is 5.73 Å². The van der Waals surface area contributed by atoms with Gasteiger partial charge in [-0.2, -0.15) is 0 Å². The molecule has 1 atom stereocenters. The monoisotopic (exact) mass is 266 g/mol. The van der Waals surface area contributed by atoms with Gasteiger partial charge in [-0.3, -0.25) is 4.40 Å². The summed E-state index contributed by atoms with van der Waals surface area (Å²) in [6, 6.07) is 3.52. The minimum atomic E-state index is -2.95. The third-order valence-corrected chi connectivity index (χ3v) is 5.64. The van der Waals surface area contributed by atoms with Crippen LogP contribution in [0.5, 0.6) is 0 Å². The van der Waals surface area contributed by atoms with Crippen LogP contribution in [-0.2, 0) is 16.3 Å². The third-order valence-electron chi connectivity index (χ3n) is 3.37. The molecule has 2 aromatic rings. The molecule has 0 radical (unpaired) electrons. The first kappa shape index (κ1) is 11.5. The van der Waals surface area contributed by atoms with Crippen LogP contribution in [0.2, 0.25) is 0 Å². The fourth-order valence-corrected chi connectivity index (χ4v) is 4.22. The molecule has 0 bridgehead atoms. The molecule has 3 heterocycles. The van der Waals surface area contributed by atoms with Crippen molar-refractivity contribution in [3.05, 3.63) is 24.2 Å². The number of hydrogen-bond acceptors (Lipinski definition) is 5. The molecule has 3 rings (SSSR count). The quantitative estimate of drug-likeness (QED) is 0.851. The molecule has 96 valence electrons. The molecule has 7 heteroatoms. The Morgan fingerprint density at radius 2 is 2.22 bits per heavy atom. The molecule has 1 unspecified atom stereocenters. The topological polar surface area (TPSA) is 90.3 Å². The van der Waals surface area contributed by atoms with Gasteiger partial charge in [0.15, 0.2) is 15.5 Å². The molecule has 1 saturated heterocycles. The molecule has 0 aliphatic carbocycles. The Labute approximate surface area is 105 Å². The smallest absolute Gasteiger partial charge is 0.160 e. The summed E-state index contributed by atoms with van der Waals surface area (Å²) in [6.45, 7) is 0. The van der Waals surface area contributed by atoms with Gasteiger partial charge in [0, 0.05) is 18.3 Å². The zero-order chi connectivity index (χ0) is 12.8. The van der Waals surface area contributed by atoms with Crippen molar-refractivity contribution in [1.29, 1.82) is 0 Å². The first-order valence-electron chi connectivity index (χ1n) is 5.87. The fraction of sp³-hybridized carbons (Fsp3) is 0.455. The van der Waals surface area contributed by atoms with Crippen LogP contribution in [0.4, 0.5) is 5.69 Å². The van der Waals surface area contributed by atoms with Crippen molar-refractivity contribution in [2.45, 2.75) is 24.5 Å². The molecule has 1 aliphatic heterocycles. The van der Waals surface area contributed by atoms with Gasteiger partial charge >= 0.3 is 0 Å². The van der Waals surface area contributed by atoms with Crippen LogP contribution >= 0.6 is 0 Å². The minimum Gasteiger partial charge on any atom is -0.398 e. The van der Waals surface area contributed by atoms with Crippen molar-refractivity contribution in [3.8, 4) is 0 Å². The first-order chi connectivity index (χ1) is 8.56. The Morgan fingerprint density at radius 3 is 2.94 bits per heavy atom. The summed E-state index contributed by atoms with van der Waals surface area (Å²) >= 11 is 0. The van der Waals surface area contributed by atoms with Crippen molar-refractivity contribution < 1.29 is 8.42 Å². The van der Waals surface area contributed by atoms with Crippen LogP contribution in [0, 0.1) is 0 Å². The maximum absolute atomic E-state index is 11.8. The number of nitrogens with zero attached hydrogens (tertiary/aromatic N) is 3. The molecular weight excluding hydrogens is 252 g/mol. The second kappa shape index (κ2) is 3.94. The van der Waals surface area contributed by atoms with Crippen molar-refractivity contribution >= 4 is 21.2 Å². The number of hydrogen-bond donors (Lipinski definition) is 1. The van der Waals surface area contributed by atoms with E-state index in [4.69, 9.17) is 5.73 Å². The van der Waals surface area contributed by atoms with Crippen LogP contribution in [0.15, 0.2) is 18.3 Å². The molecule has 1 aliphatic rings. The molecule has 0 amide bonds. The lowest BCUT2D eigenvalue weighted by Gasteiger charge is -2.07. The van der Waals surface area contributed by atoms with E-state index in [2.05, 4.69) is 10.2 Å². The number of aromatic nitrogens is 3. The van der Waals surface area contributed by atoms with Gasteiger partial charge in [0.25, 0.3) is 0 Å². The van der Waals surface area contributed by atoms with E-state index in [1.807, 2.05) is 0 Å². The highest BCUT2D eigenvalue weighted by atomic mass is 32.2. The predicted octanol–water partition coefficient (Wildman–Crippen LogP) is 0.431. The van der Waals surface area contributed by atoms with E-state index in [1.54, 1.807) is 22.7 Å². The number of fused-ring (bicyclic) bond motifs is 1. The molecule has 1 fully saturated rings. The van der Waals surface area contributed by atoms with Crippen LogP contribution in [0.3, 0.4) is 0 Å². The van der Waals surface area contributed by atoms with Crippen LogP contribution < -0.4 is 5.73 Å². The average Bonchev–Trinajstić information content (AvgIpc) is 2.84. The molecule has 2 N–H and O–H groups in total. The summed E-state index contributed by atoms with van der Waals surface area (Å²) in [7, 11) is -2.95. The van der Waals surface area contributed by atoms with Gasteiger partial charge in [-0.25, -0.2) is 8.42 Å². The lowest BCUT2D eigenvalue weighted by molar-refractivity contribution is 0.585. The summed E-state index contributed by atoms with van der Waals surface area (Å²) in [5.41, 5.74) is 7.02. The molecule has 2 aromatic heterocycles. The van der Waals surface area contributed by atoms with Gasteiger partial charge in [-0.05, 0) is 25.0 Å². The predicted molar refractivity (Wildman–Crippen MR) is 67.9 cm³/mol. The molecule has 0 spiro atoms. The van der Waals surface area contributed by atoms with Crippen molar-refractivity contribution in [1.82, 2.24) is 14.6 Å². The highest BCUT2D eigenvalue weighted by Crippen LogP contribution is 2.23. The highest BCUT2D eigenvalue weighted by molar-refractivity contribution is 7.92. The minimum absolute atomic E-state index is 0.288. The average molecular weight is 266 g/mol. The lowest BCUT2D eigenvalue weighted by atomic mass is 10.2. The summed E-state index contributed by atoms with van der Waals surface area (Å²) in [5, 5.41) is 7.74. The molecule has 18 heavy (non-hydrogen) atoms. The maximum atomic E-state index is 11.8. The Kier molecular flexibility index (Phi) is 2.51. The van der Waals surface area contributed by atoms with E-state index in [0.29, 0.717) is 30.0 Å². The largest absolute Gasteiger partial charge is 0.398 e. The van der Waals surface area contributed by atoms with Crippen LogP contribution in [0.25, 0.3) is 5.65 Å². The lowest BCUT2D eigenvalue weighted by Crippen LogP contribution is -2.20. The van der Waals surface area contributed by atoms with Crippen molar-refractivity contribution in [2.75, 3.05) is 11.5 Å². The van der Waals surface area contributed by atoms with Crippen LogP contribution in [-0.4, -0.2) is 34.0 Å². The summed E-state index contributed by atoms with van der Waals surface area (Å²) in [6.07, 6.45) is 3.59. The number of pyridine rings is 1. The third kappa shape index (κ3) is 1.84. The van der Waals surface area contributed by atoms with E-state index in [1.165, 1.54) is 0 Å². The number of rotatable bonds is 2. The normalized spacial score (nSPS) is 22.6. The Hall–Kier alpha value is -1.63. The Morgan fingerprint density at radius 1 is 1.39 bits per heavy atom. The molecular formula is C11H14N4O2S. The number of nitrogen functional groups attached to an aromatic ring is 1. The molecule has 0 aromatic carbocycles. The van der Waals surface area contributed by atoms with E-state index in [0.717, 1.165) is 6.42 Å². The second-order valence-electron chi connectivity index (χ2n) is 4.64. The zero-order valence-electron chi connectivity index (χ0n) is 9.78. The SMILES string of the molecule is Nc1ccc2nnc(CC3CCCS3(=O)=O)n2c1. The standard InChI is InChI=1S/C11H14N4O2S/c12-8-3-4-10-13-14-11(15(10)7-8)6-9-2-1-5-18(9,16)17/h3-4,7,9H,1-2,5-6,12H2. The van der Waals surface area contributed by atoms with E-state index in [9.17, 15) is 8.42 Å². The Balaban J connectivity index is 1.98. The van der Waals surface area contributed by atoms with E-state index >= 15 is 0 Å². The molecule has 0 saturated carbocycles. The summed E-state index contributed by atoms with van der Waals surface area (Å²) in [4.78, 5) is 0. The van der Waals surface area contributed by atoms with Gasteiger partial charge in [0.1, 0.15) is 5.82 Å². The zero-order valence-corrected chi connectivity index (χ0v) is 10.6. The van der Waals surface area contributed by atoms with Gasteiger partial charge in [-0.15, -0.1) is 10.2 Å².